The summed E-state index contributed by atoms with van der Waals surface area (Å²) in [5.74, 6) is 1.44. The zero-order valence-electron chi connectivity index (χ0n) is 20.3. The number of aromatic nitrogens is 2. The van der Waals surface area contributed by atoms with Crippen LogP contribution in [0.3, 0.4) is 0 Å². The van der Waals surface area contributed by atoms with Crippen molar-refractivity contribution in [3.63, 3.8) is 0 Å². The van der Waals surface area contributed by atoms with Gasteiger partial charge in [-0.3, -0.25) is 14.0 Å². The first-order valence-corrected chi connectivity index (χ1v) is 11.3. The molecule has 0 saturated carbocycles. The maximum absolute atomic E-state index is 12.9. The normalized spacial score (nSPS) is 10.7. The van der Waals surface area contributed by atoms with E-state index < -0.39 is 0 Å². The van der Waals surface area contributed by atoms with Gasteiger partial charge in [-0.05, 0) is 54.4 Å². The first-order valence-electron chi connectivity index (χ1n) is 11.3. The third-order valence-electron chi connectivity index (χ3n) is 5.69. The quantitative estimate of drug-likeness (QED) is 0.403. The Morgan fingerprint density at radius 2 is 1.69 bits per heavy atom. The van der Waals surface area contributed by atoms with Crippen molar-refractivity contribution in [2.75, 3.05) is 24.4 Å². The zero-order chi connectivity index (χ0) is 24.9. The lowest BCUT2D eigenvalue weighted by atomic mass is 10.2. The van der Waals surface area contributed by atoms with E-state index in [1.54, 1.807) is 13.2 Å². The van der Waals surface area contributed by atoms with Gasteiger partial charge in [0.1, 0.15) is 17.2 Å². The van der Waals surface area contributed by atoms with E-state index in [4.69, 9.17) is 4.74 Å². The van der Waals surface area contributed by atoms with Gasteiger partial charge in [-0.15, -0.1) is 0 Å². The summed E-state index contributed by atoms with van der Waals surface area (Å²) in [6, 6.07) is 19.0. The predicted octanol–water partition coefficient (Wildman–Crippen LogP) is 4.18. The number of hydrogen-bond donors (Lipinski definition) is 2. The Morgan fingerprint density at radius 1 is 1.00 bits per heavy atom. The van der Waals surface area contributed by atoms with Crippen LogP contribution in [0.2, 0.25) is 0 Å². The first-order chi connectivity index (χ1) is 16.8. The van der Waals surface area contributed by atoms with Crippen LogP contribution in [0.15, 0.2) is 66.9 Å². The van der Waals surface area contributed by atoms with Crippen LogP contribution >= 0.6 is 0 Å². The monoisotopic (exact) mass is 471 g/mol. The summed E-state index contributed by atoms with van der Waals surface area (Å²) in [5.41, 5.74) is 5.04. The molecule has 0 aliphatic rings. The van der Waals surface area contributed by atoms with Crippen molar-refractivity contribution in [3.8, 4) is 5.75 Å². The Hall–Kier alpha value is -4.33. The summed E-state index contributed by atoms with van der Waals surface area (Å²) in [6.07, 6.45) is 1.82. The van der Waals surface area contributed by atoms with Gasteiger partial charge in [0, 0.05) is 38.9 Å². The molecule has 2 heterocycles. The number of hydrogen-bond acceptors (Lipinski definition) is 5. The van der Waals surface area contributed by atoms with Gasteiger partial charge < -0.3 is 20.3 Å². The molecule has 8 nitrogen and oxygen atoms in total. The van der Waals surface area contributed by atoms with Gasteiger partial charge in [0.2, 0.25) is 5.91 Å². The second-order valence-corrected chi connectivity index (χ2v) is 8.43. The molecule has 4 rings (SSSR count). The molecule has 0 spiro atoms. The number of ether oxygens (including phenoxy) is 1. The molecule has 180 valence electrons. The molecule has 2 aromatic heterocycles. The second kappa shape index (κ2) is 10.3. The van der Waals surface area contributed by atoms with E-state index in [0.29, 0.717) is 18.7 Å². The Balaban J connectivity index is 1.50. The van der Waals surface area contributed by atoms with Gasteiger partial charge in [-0.25, -0.2) is 4.98 Å². The molecular weight excluding hydrogens is 442 g/mol. The Morgan fingerprint density at radius 3 is 2.34 bits per heavy atom. The number of carbonyl (C=O) groups is 2. The summed E-state index contributed by atoms with van der Waals surface area (Å²) in [4.78, 5) is 30.9. The molecule has 0 unspecified atom stereocenters. The van der Waals surface area contributed by atoms with E-state index in [1.165, 1.54) is 6.92 Å². The zero-order valence-corrected chi connectivity index (χ0v) is 20.3. The molecular formula is C27H29N5O3. The maximum atomic E-state index is 12.9. The number of nitrogens with zero attached hydrogens (tertiary/aromatic N) is 3. The minimum Gasteiger partial charge on any atom is -0.497 e. The molecule has 4 aromatic rings. The van der Waals surface area contributed by atoms with Crippen molar-refractivity contribution >= 4 is 29.0 Å². The third kappa shape index (κ3) is 5.60. The minimum absolute atomic E-state index is 0.0972. The van der Waals surface area contributed by atoms with E-state index in [9.17, 15) is 9.59 Å². The molecule has 0 aliphatic heterocycles. The number of aryl methyl sites for hydroxylation is 1. The van der Waals surface area contributed by atoms with Crippen LogP contribution < -0.4 is 20.3 Å². The highest BCUT2D eigenvalue weighted by Gasteiger charge is 2.16. The van der Waals surface area contributed by atoms with Gasteiger partial charge in [0.15, 0.2) is 0 Å². The standard InChI is InChI=1S/C27H29N5O3/c1-18-27(31(3)16-21-5-10-23(11-6-21)30-19(2)33)32-17-22(9-14-25(32)29-18)26(34)28-15-20-7-12-24(35-4)13-8-20/h5-14,17H,15-16H2,1-4H3,(H,28,34)(H,30,33). The van der Waals surface area contributed by atoms with Crippen molar-refractivity contribution < 1.29 is 14.3 Å². The number of carbonyl (C=O) groups excluding carboxylic acids is 2. The summed E-state index contributed by atoms with van der Waals surface area (Å²) in [6.45, 7) is 4.51. The van der Waals surface area contributed by atoms with Gasteiger partial charge >= 0.3 is 0 Å². The molecule has 8 heteroatoms. The van der Waals surface area contributed by atoms with Crippen molar-refractivity contribution in [1.82, 2.24) is 14.7 Å². The summed E-state index contributed by atoms with van der Waals surface area (Å²) >= 11 is 0. The van der Waals surface area contributed by atoms with Crippen molar-refractivity contribution in [2.24, 2.45) is 0 Å². The van der Waals surface area contributed by atoms with Crippen molar-refractivity contribution in [1.29, 1.82) is 0 Å². The molecule has 0 radical (unpaired) electrons. The largest absolute Gasteiger partial charge is 0.497 e. The molecule has 2 aromatic carbocycles. The number of rotatable bonds is 8. The number of anilines is 2. The smallest absolute Gasteiger partial charge is 0.253 e. The highest BCUT2D eigenvalue weighted by atomic mass is 16.5. The Bertz CT molecular complexity index is 1340. The molecule has 0 aliphatic carbocycles. The molecule has 0 saturated heterocycles. The van der Waals surface area contributed by atoms with Gasteiger partial charge in [0.25, 0.3) is 5.91 Å². The minimum atomic E-state index is -0.156. The van der Waals surface area contributed by atoms with E-state index in [2.05, 4.69) is 20.5 Å². The molecule has 2 amide bonds. The number of nitrogens with one attached hydrogen (secondary N) is 2. The average molecular weight is 472 g/mol. The van der Waals surface area contributed by atoms with Crippen LogP contribution in [0.4, 0.5) is 11.5 Å². The summed E-state index contributed by atoms with van der Waals surface area (Å²) in [7, 11) is 3.62. The molecule has 2 N–H and O–H groups in total. The number of pyridine rings is 1. The van der Waals surface area contributed by atoms with E-state index in [-0.39, 0.29) is 11.8 Å². The van der Waals surface area contributed by atoms with E-state index in [0.717, 1.165) is 39.7 Å². The fourth-order valence-corrected chi connectivity index (χ4v) is 4.02. The molecule has 35 heavy (non-hydrogen) atoms. The Labute approximate surface area is 204 Å². The number of fused-ring (bicyclic) bond motifs is 1. The summed E-state index contributed by atoms with van der Waals surface area (Å²) < 4.78 is 7.13. The van der Waals surface area contributed by atoms with E-state index >= 15 is 0 Å². The SMILES string of the molecule is COc1ccc(CNC(=O)c2ccc3nc(C)c(N(C)Cc4ccc(NC(C)=O)cc4)n3c2)cc1. The highest BCUT2D eigenvalue weighted by Crippen LogP contribution is 2.24. The van der Waals surface area contributed by atoms with Crippen LogP contribution in [0.25, 0.3) is 5.65 Å². The lowest BCUT2D eigenvalue weighted by Gasteiger charge is -2.20. The number of amides is 2. The van der Waals surface area contributed by atoms with Crippen LogP contribution in [0, 0.1) is 6.92 Å². The fourth-order valence-electron chi connectivity index (χ4n) is 4.02. The Kier molecular flexibility index (Phi) is 7.01. The highest BCUT2D eigenvalue weighted by molar-refractivity contribution is 5.94. The lowest BCUT2D eigenvalue weighted by Crippen LogP contribution is -2.23. The number of benzene rings is 2. The first kappa shape index (κ1) is 23.8. The van der Waals surface area contributed by atoms with Crippen molar-refractivity contribution in [2.45, 2.75) is 26.9 Å². The number of imidazole rings is 1. The van der Waals surface area contributed by atoms with Crippen LogP contribution in [0.1, 0.15) is 34.1 Å². The summed E-state index contributed by atoms with van der Waals surface area (Å²) in [5, 5.41) is 5.75. The van der Waals surface area contributed by atoms with Crippen LogP contribution in [0.5, 0.6) is 5.75 Å². The molecule has 0 fully saturated rings. The van der Waals surface area contributed by atoms with Gasteiger partial charge in [0.05, 0.1) is 18.4 Å². The van der Waals surface area contributed by atoms with Crippen molar-refractivity contribution in [3.05, 3.63) is 89.2 Å². The van der Waals surface area contributed by atoms with Crippen LogP contribution in [-0.2, 0) is 17.9 Å². The van der Waals surface area contributed by atoms with Crippen LogP contribution in [-0.4, -0.2) is 35.4 Å². The topological polar surface area (TPSA) is 88.0 Å². The third-order valence-corrected chi connectivity index (χ3v) is 5.69. The lowest BCUT2D eigenvalue weighted by molar-refractivity contribution is -0.114. The molecule has 0 bridgehead atoms. The van der Waals surface area contributed by atoms with E-state index in [1.807, 2.05) is 79.2 Å². The predicted molar refractivity (Wildman–Crippen MR) is 137 cm³/mol. The fraction of sp³-hybridized carbons (Fsp3) is 0.222. The molecule has 0 atom stereocenters. The average Bonchev–Trinajstić information content (AvgIpc) is 3.18. The maximum Gasteiger partial charge on any atom is 0.253 e. The van der Waals surface area contributed by atoms with Gasteiger partial charge in [-0.2, -0.15) is 0 Å². The number of methoxy groups -OCH3 is 1. The second-order valence-electron chi connectivity index (χ2n) is 8.43. The van der Waals surface area contributed by atoms with Gasteiger partial charge in [-0.1, -0.05) is 24.3 Å².